The van der Waals surface area contributed by atoms with E-state index in [0.29, 0.717) is 12.8 Å². The van der Waals surface area contributed by atoms with Gasteiger partial charge in [0.25, 0.3) is 10.2 Å². The molecule has 2 aliphatic rings. The van der Waals surface area contributed by atoms with Gasteiger partial charge in [-0.05, 0) is 25.7 Å². The van der Waals surface area contributed by atoms with Gasteiger partial charge in [-0.15, -0.1) is 0 Å². The Morgan fingerprint density at radius 2 is 1.81 bits per heavy atom. The number of hydrogen-bond donors (Lipinski definition) is 3. The van der Waals surface area contributed by atoms with Gasteiger partial charge in [0.15, 0.2) is 0 Å². The molecule has 0 aromatic carbocycles. The third kappa shape index (κ3) is 3.69. The fourth-order valence-corrected chi connectivity index (χ4v) is 3.29. The second kappa shape index (κ2) is 4.60. The lowest BCUT2D eigenvalue weighted by molar-refractivity contribution is 0.00938. The second-order valence-corrected chi connectivity index (χ2v) is 6.53. The molecule has 6 heteroatoms. The average Bonchev–Trinajstić information content (AvgIpc) is 3.00. The Morgan fingerprint density at radius 3 is 2.38 bits per heavy atom. The Balaban J connectivity index is 1.80. The molecule has 0 bridgehead atoms. The molecule has 0 aromatic rings. The lowest BCUT2D eigenvalue weighted by atomic mass is 9.85. The van der Waals surface area contributed by atoms with E-state index in [2.05, 4.69) is 9.44 Å². The summed E-state index contributed by atoms with van der Waals surface area (Å²) < 4.78 is 28.1. The van der Waals surface area contributed by atoms with Crippen molar-refractivity contribution in [2.24, 2.45) is 0 Å². The molecule has 0 saturated heterocycles. The van der Waals surface area contributed by atoms with Gasteiger partial charge in [0.1, 0.15) is 0 Å². The minimum absolute atomic E-state index is 0.110. The number of rotatable bonds is 5. The second-order valence-electron chi connectivity index (χ2n) is 5.00. The van der Waals surface area contributed by atoms with Gasteiger partial charge in [0, 0.05) is 12.6 Å². The summed E-state index contributed by atoms with van der Waals surface area (Å²) in [5.41, 5.74) is -0.837. The first-order valence-electron chi connectivity index (χ1n) is 5.98. The van der Waals surface area contributed by atoms with Crippen LogP contribution in [0.25, 0.3) is 0 Å². The number of hydrogen-bond acceptors (Lipinski definition) is 3. The van der Waals surface area contributed by atoms with E-state index >= 15 is 0 Å². The van der Waals surface area contributed by atoms with Crippen molar-refractivity contribution in [3.63, 3.8) is 0 Å². The third-order valence-electron chi connectivity index (χ3n) is 3.27. The minimum atomic E-state index is -3.42. The molecule has 0 heterocycles. The van der Waals surface area contributed by atoms with E-state index in [0.717, 1.165) is 32.1 Å². The first-order chi connectivity index (χ1) is 7.49. The van der Waals surface area contributed by atoms with Crippen LogP contribution in [0, 0.1) is 0 Å². The van der Waals surface area contributed by atoms with E-state index in [9.17, 15) is 13.5 Å². The summed E-state index contributed by atoms with van der Waals surface area (Å²) in [6.07, 6.45) is 6.33. The van der Waals surface area contributed by atoms with Gasteiger partial charge >= 0.3 is 0 Å². The maximum Gasteiger partial charge on any atom is 0.277 e. The van der Waals surface area contributed by atoms with Crippen LogP contribution in [0.2, 0.25) is 0 Å². The maximum atomic E-state index is 11.5. The van der Waals surface area contributed by atoms with Crippen molar-refractivity contribution in [2.45, 2.75) is 56.6 Å². The highest BCUT2D eigenvalue weighted by molar-refractivity contribution is 7.87. The van der Waals surface area contributed by atoms with Crippen LogP contribution in [0.3, 0.4) is 0 Å². The van der Waals surface area contributed by atoms with Crippen LogP contribution in [-0.4, -0.2) is 31.7 Å². The van der Waals surface area contributed by atoms with E-state index in [-0.39, 0.29) is 12.6 Å². The zero-order valence-corrected chi connectivity index (χ0v) is 10.2. The molecule has 94 valence electrons. The summed E-state index contributed by atoms with van der Waals surface area (Å²) in [5, 5.41) is 10.1. The largest absolute Gasteiger partial charge is 0.389 e. The number of aliphatic hydroxyl groups is 1. The van der Waals surface area contributed by atoms with Gasteiger partial charge in [-0.2, -0.15) is 17.9 Å². The molecule has 0 spiro atoms. The minimum Gasteiger partial charge on any atom is -0.389 e. The van der Waals surface area contributed by atoms with Crippen molar-refractivity contribution >= 4 is 10.2 Å². The molecule has 0 aromatic heterocycles. The van der Waals surface area contributed by atoms with Gasteiger partial charge in [-0.3, -0.25) is 0 Å². The van der Waals surface area contributed by atoms with Crippen LogP contribution in [-0.2, 0) is 10.2 Å². The molecule has 0 atom stereocenters. The van der Waals surface area contributed by atoms with Crippen LogP contribution in [0.5, 0.6) is 0 Å². The quantitative estimate of drug-likeness (QED) is 0.653. The molecule has 0 unspecified atom stereocenters. The fourth-order valence-electron chi connectivity index (χ4n) is 2.08. The van der Waals surface area contributed by atoms with Crippen molar-refractivity contribution in [3.8, 4) is 0 Å². The molecule has 2 rings (SSSR count). The van der Waals surface area contributed by atoms with Crippen LogP contribution in [0.4, 0.5) is 0 Å². The molecule has 3 N–H and O–H groups in total. The van der Waals surface area contributed by atoms with Crippen molar-refractivity contribution < 1.29 is 13.5 Å². The first-order valence-corrected chi connectivity index (χ1v) is 7.47. The highest BCUT2D eigenvalue weighted by Gasteiger charge is 2.32. The lowest BCUT2D eigenvalue weighted by Crippen LogP contribution is -2.48. The van der Waals surface area contributed by atoms with E-state index in [1.54, 1.807) is 0 Å². The average molecular weight is 248 g/mol. The van der Waals surface area contributed by atoms with Crippen molar-refractivity contribution in [3.05, 3.63) is 0 Å². The third-order valence-corrected chi connectivity index (χ3v) is 4.44. The molecule has 2 saturated carbocycles. The van der Waals surface area contributed by atoms with Gasteiger partial charge in [-0.1, -0.05) is 19.3 Å². The molecule has 2 aliphatic carbocycles. The summed E-state index contributed by atoms with van der Waals surface area (Å²) in [5.74, 6) is 0. The Kier molecular flexibility index (Phi) is 3.53. The Hall–Kier alpha value is -0.170. The molecule has 0 amide bonds. The van der Waals surface area contributed by atoms with Crippen LogP contribution >= 0.6 is 0 Å². The van der Waals surface area contributed by atoms with Crippen molar-refractivity contribution in [2.75, 3.05) is 6.54 Å². The van der Waals surface area contributed by atoms with Gasteiger partial charge < -0.3 is 5.11 Å². The zero-order chi connectivity index (χ0) is 11.6. The van der Waals surface area contributed by atoms with E-state index in [1.165, 1.54) is 0 Å². The lowest BCUT2D eigenvalue weighted by Gasteiger charge is -2.31. The zero-order valence-electron chi connectivity index (χ0n) is 9.41. The monoisotopic (exact) mass is 248 g/mol. The van der Waals surface area contributed by atoms with Gasteiger partial charge in [-0.25, -0.2) is 0 Å². The molecular formula is C10H20N2O3S. The summed E-state index contributed by atoms with van der Waals surface area (Å²) >= 11 is 0. The van der Waals surface area contributed by atoms with Crippen LogP contribution in [0.15, 0.2) is 0 Å². The topological polar surface area (TPSA) is 78.4 Å². The predicted octanol–water partition coefficient (Wildman–Crippen LogP) is 0.268. The Labute approximate surface area is 96.8 Å². The van der Waals surface area contributed by atoms with Gasteiger partial charge in [0.2, 0.25) is 0 Å². The van der Waals surface area contributed by atoms with Crippen LogP contribution in [0.1, 0.15) is 44.9 Å². The molecule has 2 fully saturated rings. The van der Waals surface area contributed by atoms with E-state index < -0.39 is 15.8 Å². The molecule has 16 heavy (non-hydrogen) atoms. The summed E-state index contributed by atoms with van der Waals surface area (Å²) in [7, 11) is -3.42. The van der Waals surface area contributed by atoms with E-state index in [1.807, 2.05) is 0 Å². The van der Waals surface area contributed by atoms with Crippen molar-refractivity contribution in [1.29, 1.82) is 0 Å². The highest BCUT2D eigenvalue weighted by Crippen LogP contribution is 2.27. The molecule has 0 radical (unpaired) electrons. The SMILES string of the molecule is O=S(=O)(NCC1(O)CCCCC1)NC1CC1. The standard InChI is InChI=1S/C10H20N2O3S/c13-10(6-2-1-3-7-10)8-11-16(14,15)12-9-4-5-9/h9,11-13H,1-8H2. The van der Waals surface area contributed by atoms with E-state index in [4.69, 9.17) is 0 Å². The maximum absolute atomic E-state index is 11.5. The molecule has 5 nitrogen and oxygen atoms in total. The fraction of sp³-hybridized carbons (Fsp3) is 1.00. The van der Waals surface area contributed by atoms with Gasteiger partial charge in [0.05, 0.1) is 5.60 Å². The number of nitrogens with one attached hydrogen (secondary N) is 2. The predicted molar refractivity (Wildman–Crippen MR) is 61.1 cm³/mol. The Bertz CT molecular complexity index is 332. The summed E-state index contributed by atoms with van der Waals surface area (Å²) in [4.78, 5) is 0. The Morgan fingerprint density at radius 1 is 1.19 bits per heavy atom. The summed E-state index contributed by atoms with van der Waals surface area (Å²) in [6.45, 7) is 0.134. The van der Waals surface area contributed by atoms with Crippen molar-refractivity contribution in [1.82, 2.24) is 9.44 Å². The molecule has 0 aliphatic heterocycles. The van der Waals surface area contributed by atoms with Crippen LogP contribution < -0.4 is 9.44 Å². The smallest absolute Gasteiger partial charge is 0.277 e. The molecular weight excluding hydrogens is 228 g/mol. The first kappa shape index (κ1) is 12.3. The normalized spacial score (nSPS) is 25.6. The summed E-state index contributed by atoms with van der Waals surface area (Å²) in [6, 6.07) is 0.110. The highest BCUT2D eigenvalue weighted by atomic mass is 32.2.